The fourth-order valence-corrected chi connectivity index (χ4v) is 4.44. The highest BCUT2D eigenvalue weighted by Gasteiger charge is 2.24. The van der Waals surface area contributed by atoms with E-state index in [4.69, 9.17) is 4.74 Å². The molecule has 1 saturated heterocycles. The van der Waals surface area contributed by atoms with Gasteiger partial charge in [0, 0.05) is 47.8 Å². The van der Waals surface area contributed by atoms with Gasteiger partial charge < -0.3 is 20.3 Å². The van der Waals surface area contributed by atoms with E-state index in [-0.39, 0.29) is 11.9 Å². The first-order valence-electron chi connectivity index (χ1n) is 10.6. The number of amides is 1. The van der Waals surface area contributed by atoms with Crippen molar-refractivity contribution in [1.29, 1.82) is 0 Å². The van der Waals surface area contributed by atoms with E-state index in [0.29, 0.717) is 28.9 Å². The molecule has 2 aromatic carbocycles. The van der Waals surface area contributed by atoms with Crippen LogP contribution in [0.25, 0.3) is 21.8 Å². The molecule has 2 atom stereocenters. The molecule has 9 nitrogen and oxygen atoms in total. The minimum Gasteiger partial charge on any atom is -0.467 e. The topological polar surface area (TPSA) is 108 Å². The number of carbonyl (C=O) groups is 1. The molecule has 1 fully saturated rings. The van der Waals surface area contributed by atoms with E-state index in [2.05, 4.69) is 49.5 Å². The maximum Gasteiger partial charge on any atom is 0.316 e. The number of aromatic nitrogens is 4. The highest BCUT2D eigenvalue weighted by atomic mass is 16.5. The molecule has 5 rings (SSSR count). The fraction of sp³-hybridized carbons (Fsp3) is 0.304. The van der Waals surface area contributed by atoms with Crippen molar-refractivity contribution >= 4 is 39.1 Å². The quantitative estimate of drug-likeness (QED) is 0.456. The summed E-state index contributed by atoms with van der Waals surface area (Å²) in [5.74, 6) is -0.252. The molecule has 9 heteroatoms. The summed E-state index contributed by atoms with van der Waals surface area (Å²) in [5.41, 5.74) is 3.57. The molecule has 3 N–H and O–H groups in total. The van der Waals surface area contributed by atoms with Gasteiger partial charge in [0.2, 0.25) is 0 Å². The van der Waals surface area contributed by atoms with E-state index < -0.39 is 0 Å². The average Bonchev–Trinajstić information content (AvgIpc) is 3.27. The van der Waals surface area contributed by atoms with Crippen molar-refractivity contribution in [3.05, 3.63) is 48.3 Å². The number of hydrogen-bond donors (Lipinski definition) is 3. The summed E-state index contributed by atoms with van der Waals surface area (Å²) in [7, 11) is 1.52. The van der Waals surface area contributed by atoms with Crippen LogP contribution >= 0.6 is 0 Å². The lowest BCUT2D eigenvalue weighted by molar-refractivity contribution is 0.102. The third-order valence-corrected chi connectivity index (χ3v) is 5.76. The van der Waals surface area contributed by atoms with Gasteiger partial charge in [-0.3, -0.25) is 9.89 Å². The molecule has 2 aromatic heterocycles. The van der Waals surface area contributed by atoms with E-state index in [1.165, 1.54) is 7.11 Å². The van der Waals surface area contributed by atoms with Crippen LogP contribution in [0.3, 0.4) is 0 Å². The molecule has 0 unspecified atom stereocenters. The van der Waals surface area contributed by atoms with E-state index >= 15 is 0 Å². The third-order valence-electron chi connectivity index (χ3n) is 5.76. The molecule has 1 aliphatic rings. The van der Waals surface area contributed by atoms with Crippen LogP contribution in [-0.2, 0) is 0 Å². The molecular weight excluding hydrogens is 406 g/mol. The Kier molecular flexibility index (Phi) is 5.10. The van der Waals surface area contributed by atoms with Gasteiger partial charge >= 0.3 is 6.01 Å². The van der Waals surface area contributed by atoms with Crippen molar-refractivity contribution in [3.8, 4) is 6.01 Å². The number of hydrogen-bond acceptors (Lipinski definition) is 7. The van der Waals surface area contributed by atoms with Gasteiger partial charge in [0.25, 0.3) is 5.91 Å². The summed E-state index contributed by atoms with van der Waals surface area (Å²) in [6, 6.07) is 10.4. The first-order chi connectivity index (χ1) is 15.5. The zero-order valence-corrected chi connectivity index (χ0v) is 18.2. The summed E-state index contributed by atoms with van der Waals surface area (Å²) < 4.78 is 5.25. The number of aromatic amines is 1. The number of carbonyl (C=O) groups excluding carboxylic acids is 1. The molecule has 1 aliphatic heterocycles. The van der Waals surface area contributed by atoms with Gasteiger partial charge in [-0.15, -0.1) is 0 Å². The lowest BCUT2D eigenvalue weighted by Crippen LogP contribution is -2.54. The SMILES string of the molecule is COc1ncc2c(N3C[C@H](C)N[C@@H](C)C3)ccc(C(=O)Nc3cccc4[nH]ncc34)c2n1. The van der Waals surface area contributed by atoms with Gasteiger partial charge in [-0.1, -0.05) is 6.07 Å². The Labute approximate surface area is 185 Å². The lowest BCUT2D eigenvalue weighted by atomic mass is 10.0. The van der Waals surface area contributed by atoms with Gasteiger partial charge in [-0.25, -0.2) is 4.98 Å². The number of piperazine rings is 1. The highest BCUT2D eigenvalue weighted by molar-refractivity contribution is 6.15. The van der Waals surface area contributed by atoms with Crippen LogP contribution in [-0.4, -0.2) is 58.4 Å². The first-order valence-corrected chi connectivity index (χ1v) is 10.6. The van der Waals surface area contributed by atoms with Crippen LogP contribution < -0.4 is 20.3 Å². The number of nitrogens with zero attached hydrogens (tertiary/aromatic N) is 4. The molecule has 4 aromatic rings. The zero-order chi connectivity index (χ0) is 22.2. The van der Waals surface area contributed by atoms with Crippen molar-refractivity contribution in [2.45, 2.75) is 25.9 Å². The number of anilines is 2. The fourth-order valence-electron chi connectivity index (χ4n) is 4.44. The Morgan fingerprint density at radius 1 is 1.12 bits per heavy atom. The molecule has 0 saturated carbocycles. The van der Waals surface area contributed by atoms with E-state index in [1.807, 2.05) is 30.3 Å². The van der Waals surface area contributed by atoms with Gasteiger partial charge in [0.05, 0.1) is 35.6 Å². The van der Waals surface area contributed by atoms with Gasteiger partial charge in [-0.05, 0) is 38.1 Å². The Morgan fingerprint density at radius 3 is 2.72 bits per heavy atom. The second-order valence-electron chi connectivity index (χ2n) is 8.22. The number of H-pyrrole nitrogens is 1. The number of methoxy groups -OCH3 is 1. The first kappa shape index (κ1) is 20.2. The number of nitrogens with one attached hydrogen (secondary N) is 3. The van der Waals surface area contributed by atoms with E-state index in [1.54, 1.807) is 12.4 Å². The Morgan fingerprint density at radius 2 is 1.94 bits per heavy atom. The van der Waals surface area contributed by atoms with Crippen LogP contribution in [0.1, 0.15) is 24.2 Å². The van der Waals surface area contributed by atoms with Crippen LogP contribution in [0.2, 0.25) is 0 Å². The minimum absolute atomic E-state index is 0.225. The average molecular weight is 432 g/mol. The van der Waals surface area contributed by atoms with Crippen LogP contribution in [0, 0.1) is 0 Å². The van der Waals surface area contributed by atoms with Crippen molar-refractivity contribution in [2.24, 2.45) is 0 Å². The molecule has 1 amide bonds. The van der Waals surface area contributed by atoms with Crippen molar-refractivity contribution < 1.29 is 9.53 Å². The lowest BCUT2D eigenvalue weighted by Gasteiger charge is -2.38. The Bertz CT molecular complexity index is 1290. The molecule has 0 radical (unpaired) electrons. The maximum absolute atomic E-state index is 13.3. The second kappa shape index (κ2) is 8.08. The predicted molar refractivity (Wildman–Crippen MR) is 124 cm³/mol. The van der Waals surface area contributed by atoms with Crippen molar-refractivity contribution in [3.63, 3.8) is 0 Å². The number of fused-ring (bicyclic) bond motifs is 2. The predicted octanol–water partition coefficient (Wildman–Crippen LogP) is 2.95. The van der Waals surface area contributed by atoms with Crippen LogP contribution in [0.15, 0.2) is 42.7 Å². The summed E-state index contributed by atoms with van der Waals surface area (Å²) in [5, 5.41) is 15.2. The largest absolute Gasteiger partial charge is 0.467 e. The molecular formula is C23H25N7O2. The van der Waals surface area contributed by atoms with Gasteiger partial charge in [0.1, 0.15) is 0 Å². The summed E-state index contributed by atoms with van der Waals surface area (Å²) in [6.45, 7) is 6.06. The van der Waals surface area contributed by atoms with Crippen LogP contribution in [0.4, 0.5) is 11.4 Å². The number of ether oxygens (including phenoxy) is 1. The minimum atomic E-state index is -0.252. The van der Waals surface area contributed by atoms with Crippen molar-refractivity contribution in [1.82, 2.24) is 25.5 Å². The van der Waals surface area contributed by atoms with E-state index in [9.17, 15) is 4.79 Å². The molecule has 0 spiro atoms. The molecule has 3 heterocycles. The number of benzene rings is 2. The highest BCUT2D eigenvalue weighted by Crippen LogP contribution is 2.31. The smallest absolute Gasteiger partial charge is 0.316 e. The number of rotatable bonds is 4. The standard InChI is InChI=1S/C23H25N7O2/c1-13-11-30(12-14(2)26-13)20-8-7-15(21-17(20)9-24-23(28-21)32-3)22(31)27-18-5-4-6-19-16(18)10-25-29-19/h4-10,13-14,26H,11-12H2,1-3H3,(H,25,29)(H,27,31)/t13-,14-/m0/s1. The second-order valence-corrected chi connectivity index (χ2v) is 8.22. The van der Waals surface area contributed by atoms with Gasteiger partial charge in [-0.2, -0.15) is 10.1 Å². The Balaban J connectivity index is 1.57. The zero-order valence-electron chi connectivity index (χ0n) is 18.2. The summed E-state index contributed by atoms with van der Waals surface area (Å²) in [4.78, 5) is 24.5. The maximum atomic E-state index is 13.3. The van der Waals surface area contributed by atoms with E-state index in [0.717, 1.165) is 35.1 Å². The monoisotopic (exact) mass is 431 g/mol. The van der Waals surface area contributed by atoms with Gasteiger partial charge in [0.15, 0.2) is 0 Å². The normalized spacial score (nSPS) is 18.8. The third kappa shape index (κ3) is 3.60. The molecule has 164 valence electrons. The Hall–Kier alpha value is -3.72. The molecule has 0 bridgehead atoms. The molecule has 32 heavy (non-hydrogen) atoms. The summed E-state index contributed by atoms with van der Waals surface area (Å²) in [6.07, 6.45) is 3.44. The van der Waals surface area contributed by atoms with Crippen LogP contribution in [0.5, 0.6) is 6.01 Å². The summed E-state index contributed by atoms with van der Waals surface area (Å²) >= 11 is 0. The van der Waals surface area contributed by atoms with Crippen molar-refractivity contribution in [2.75, 3.05) is 30.4 Å². The molecule has 0 aliphatic carbocycles.